The Morgan fingerprint density at radius 2 is 1.58 bits per heavy atom. The Morgan fingerprint density at radius 1 is 0.935 bits per heavy atom. The van der Waals surface area contributed by atoms with E-state index in [2.05, 4.69) is 15.0 Å². The summed E-state index contributed by atoms with van der Waals surface area (Å²) in [7, 11) is 2.78. The van der Waals surface area contributed by atoms with Crippen molar-refractivity contribution in [2.24, 2.45) is 10.9 Å². The number of hydrogen-bond donors (Lipinski definition) is 3. The fourth-order valence-corrected chi connectivity index (χ4v) is 4.42. The normalized spacial score (nSPS) is 18.6. The zero-order valence-corrected chi connectivity index (χ0v) is 16.6. The molecule has 2 unspecified atom stereocenters. The van der Waals surface area contributed by atoms with Gasteiger partial charge >= 0.3 is 5.69 Å². The number of phenolic OH excluding ortho intramolecular Hbond substituents is 1. The number of nitrogens with one attached hydrogen (secondary N) is 2. The summed E-state index contributed by atoms with van der Waals surface area (Å²) in [6, 6.07) is 10.2. The van der Waals surface area contributed by atoms with E-state index in [-0.39, 0.29) is 34.4 Å². The number of benzene rings is 2. The van der Waals surface area contributed by atoms with Gasteiger partial charge in [-0.05, 0) is 17.7 Å². The Bertz CT molecular complexity index is 1380. The van der Waals surface area contributed by atoms with Crippen molar-refractivity contribution in [2.75, 3.05) is 14.2 Å². The Balaban J connectivity index is 1.84. The molecule has 9 nitrogen and oxygen atoms in total. The van der Waals surface area contributed by atoms with E-state index in [1.807, 2.05) is 0 Å². The molecular weight excluding hydrogens is 402 g/mol. The van der Waals surface area contributed by atoms with Gasteiger partial charge < -0.3 is 14.6 Å². The third-order valence-corrected chi connectivity index (χ3v) is 5.74. The van der Waals surface area contributed by atoms with Gasteiger partial charge in [0.1, 0.15) is 5.82 Å². The van der Waals surface area contributed by atoms with Crippen LogP contribution in [0.4, 0.5) is 5.82 Å². The molecule has 2 atom stereocenters. The standard InChI is InChI=1S/C22H17N3O6/c1-30-12-7-9(8-13(31-2)19(12)27)14-15-17(10-5-3-4-6-11(10)18(15)26)23-20-16(14)21(28)25-22(29)24-20/h3-8,14-15,27H,1-2H3,(H2,24,25,28,29). The van der Waals surface area contributed by atoms with Crippen LogP contribution in [0.2, 0.25) is 0 Å². The number of Topliss-reactive ketones (excluding diaryl/α,β-unsaturated/α-hetero) is 1. The number of fused-ring (bicyclic) bond motifs is 4. The number of carbonyl (C=O) groups is 1. The second kappa shape index (κ2) is 6.69. The van der Waals surface area contributed by atoms with Crippen LogP contribution >= 0.6 is 0 Å². The quantitative estimate of drug-likeness (QED) is 0.593. The maximum absolute atomic E-state index is 13.4. The maximum atomic E-state index is 13.4. The van der Waals surface area contributed by atoms with Crippen LogP contribution in [-0.4, -0.2) is 40.8 Å². The minimum Gasteiger partial charge on any atom is -0.502 e. The van der Waals surface area contributed by atoms with Crippen LogP contribution in [0.3, 0.4) is 0 Å². The molecule has 0 saturated carbocycles. The Morgan fingerprint density at radius 3 is 2.23 bits per heavy atom. The summed E-state index contributed by atoms with van der Waals surface area (Å²) < 4.78 is 10.5. The van der Waals surface area contributed by atoms with Crippen LogP contribution in [0, 0.1) is 5.92 Å². The monoisotopic (exact) mass is 419 g/mol. The smallest absolute Gasteiger partial charge is 0.327 e. The number of ketones is 1. The highest BCUT2D eigenvalue weighted by atomic mass is 16.5. The summed E-state index contributed by atoms with van der Waals surface area (Å²) in [5.41, 5.74) is 0.969. The number of carbonyl (C=O) groups excluding carboxylic acids is 1. The average Bonchev–Trinajstić information content (AvgIpc) is 3.04. The largest absolute Gasteiger partial charge is 0.502 e. The molecule has 1 aliphatic heterocycles. The minimum atomic E-state index is -0.786. The van der Waals surface area contributed by atoms with Gasteiger partial charge in [-0.25, -0.2) is 9.79 Å². The maximum Gasteiger partial charge on any atom is 0.327 e. The van der Waals surface area contributed by atoms with Crippen molar-refractivity contribution >= 4 is 17.3 Å². The zero-order chi connectivity index (χ0) is 21.9. The number of aromatic nitrogens is 2. The lowest BCUT2D eigenvalue weighted by atomic mass is 9.76. The molecule has 0 bridgehead atoms. The first-order valence-corrected chi connectivity index (χ1v) is 9.48. The molecule has 0 fully saturated rings. The SMILES string of the molecule is COc1cc(C2c3c([nH]c(=O)[nH]c3=O)N=C3c4ccccc4C(=O)C32)cc(OC)c1O. The molecule has 3 N–H and O–H groups in total. The fraction of sp³-hybridized carbons (Fsp3) is 0.182. The first-order valence-electron chi connectivity index (χ1n) is 9.48. The number of methoxy groups -OCH3 is 2. The Hall–Kier alpha value is -4.14. The molecule has 2 aliphatic rings. The van der Waals surface area contributed by atoms with Gasteiger partial charge in [-0.1, -0.05) is 24.3 Å². The molecule has 0 amide bonds. The van der Waals surface area contributed by atoms with Crippen molar-refractivity contribution in [3.8, 4) is 17.2 Å². The van der Waals surface area contributed by atoms with Gasteiger partial charge in [0.2, 0.25) is 5.75 Å². The molecule has 5 rings (SSSR count). The highest BCUT2D eigenvalue weighted by molar-refractivity contribution is 6.30. The topological polar surface area (TPSA) is 134 Å². The summed E-state index contributed by atoms with van der Waals surface area (Å²) in [6.45, 7) is 0. The van der Waals surface area contributed by atoms with Crippen molar-refractivity contribution in [1.29, 1.82) is 0 Å². The van der Waals surface area contributed by atoms with E-state index < -0.39 is 23.1 Å². The predicted octanol–water partition coefficient (Wildman–Crippen LogP) is 1.86. The van der Waals surface area contributed by atoms with E-state index >= 15 is 0 Å². The second-order valence-corrected chi connectivity index (χ2v) is 7.31. The first kappa shape index (κ1) is 18.9. The molecule has 3 aromatic rings. The highest BCUT2D eigenvalue weighted by Crippen LogP contribution is 2.48. The molecular formula is C22H17N3O6. The zero-order valence-electron chi connectivity index (χ0n) is 16.6. The van der Waals surface area contributed by atoms with Crippen molar-refractivity contribution in [3.63, 3.8) is 0 Å². The second-order valence-electron chi connectivity index (χ2n) is 7.31. The van der Waals surface area contributed by atoms with E-state index in [0.717, 1.165) is 0 Å². The minimum absolute atomic E-state index is 0.0977. The van der Waals surface area contributed by atoms with Crippen molar-refractivity contribution in [1.82, 2.24) is 9.97 Å². The first-order chi connectivity index (χ1) is 14.9. The predicted molar refractivity (Wildman–Crippen MR) is 111 cm³/mol. The van der Waals surface area contributed by atoms with Crippen LogP contribution in [0.1, 0.15) is 33.0 Å². The van der Waals surface area contributed by atoms with Gasteiger partial charge in [0.25, 0.3) is 5.56 Å². The molecule has 1 aromatic heterocycles. The summed E-state index contributed by atoms with van der Waals surface area (Å²) in [5, 5.41) is 10.3. The van der Waals surface area contributed by atoms with Crippen molar-refractivity contribution in [2.45, 2.75) is 5.92 Å². The molecule has 1 aliphatic carbocycles. The van der Waals surface area contributed by atoms with E-state index in [1.165, 1.54) is 14.2 Å². The summed E-state index contributed by atoms with van der Waals surface area (Å²) in [6.07, 6.45) is 0. The molecule has 0 saturated heterocycles. The van der Waals surface area contributed by atoms with E-state index in [0.29, 0.717) is 22.4 Å². The summed E-state index contributed by atoms with van der Waals surface area (Å²) in [4.78, 5) is 47.5. The number of rotatable bonds is 3. The van der Waals surface area contributed by atoms with Crippen molar-refractivity contribution < 1.29 is 19.4 Å². The van der Waals surface area contributed by atoms with E-state index in [4.69, 9.17) is 9.47 Å². The highest BCUT2D eigenvalue weighted by Gasteiger charge is 2.47. The van der Waals surface area contributed by atoms with Gasteiger partial charge in [-0.15, -0.1) is 0 Å². The van der Waals surface area contributed by atoms with Gasteiger partial charge in [-0.3, -0.25) is 19.6 Å². The van der Waals surface area contributed by atoms with Gasteiger partial charge in [0.15, 0.2) is 17.3 Å². The number of nitrogens with zero attached hydrogens (tertiary/aromatic N) is 1. The fourth-order valence-electron chi connectivity index (χ4n) is 4.42. The third kappa shape index (κ3) is 2.63. The Kier molecular flexibility index (Phi) is 4.07. The van der Waals surface area contributed by atoms with Gasteiger partial charge in [-0.2, -0.15) is 0 Å². The lowest BCUT2D eigenvalue weighted by Crippen LogP contribution is -2.36. The number of H-pyrrole nitrogens is 2. The van der Waals surface area contributed by atoms with E-state index in [1.54, 1.807) is 36.4 Å². The number of hydrogen-bond acceptors (Lipinski definition) is 7. The molecule has 9 heteroatoms. The van der Waals surface area contributed by atoms with E-state index in [9.17, 15) is 19.5 Å². The Labute approximate surface area is 175 Å². The van der Waals surface area contributed by atoms with Crippen LogP contribution in [0.15, 0.2) is 51.0 Å². The van der Waals surface area contributed by atoms with Crippen LogP contribution in [-0.2, 0) is 0 Å². The lowest BCUT2D eigenvalue weighted by Gasteiger charge is -2.28. The lowest BCUT2D eigenvalue weighted by molar-refractivity contribution is 0.0953. The van der Waals surface area contributed by atoms with Crippen LogP contribution < -0.4 is 20.7 Å². The van der Waals surface area contributed by atoms with Crippen LogP contribution in [0.25, 0.3) is 0 Å². The number of aromatic amines is 2. The van der Waals surface area contributed by atoms with Crippen molar-refractivity contribution in [3.05, 3.63) is 79.5 Å². The number of phenols is 1. The summed E-state index contributed by atoms with van der Waals surface area (Å²) >= 11 is 0. The third-order valence-electron chi connectivity index (χ3n) is 5.74. The molecule has 0 spiro atoms. The van der Waals surface area contributed by atoms with Crippen LogP contribution in [0.5, 0.6) is 17.2 Å². The summed E-state index contributed by atoms with van der Waals surface area (Å²) in [5.74, 6) is -1.59. The van der Waals surface area contributed by atoms with Gasteiger partial charge in [0, 0.05) is 17.0 Å². The number of aromatic hydroxyl groups is 1. The molecule has 2 aromatic carbocycles. The molecule has 31 heavy (non-hydrogen) atoms. The molecule has 0 radical (unpaired) electrons. The average molecular weight is 419 g/mol. The molecule has 2 heterocycles. The number of ether oxygens (including phenoxy) is 2. The number of aliphatic imine (C=N–C) groups is 1. The van der Waals surface area contributed by atoms with Gasteiger partial charge in [0.05, 0.1) is 31.4 Å². The molecule has 156 valence electrons.